The molecule has 0 aliphatic heterocycles. The Morgan fingerprint density at radius 2 is 2.04 bits per heavy atom. The fourth-order valence-corrected chi connectivity index (χ4v) is 3.11. The lowest BCUT2D eigenvalue weighted by atomic mass is 10.1. The molecule has 3 aromatic rings. The smallest absolute Gasteiger partial charge is 0.338 e. The number of aromatic nitrogens is 2. The minimum atomic E-state index is -0.596. The molecule has 0 spiro atoms. The number of hydrogen-bond donors (Lipinski definition) is 0. The molecule has 0 atom stereocenters. The normalized spacial score (nSPS) is 10.9. The van der Waals surface area contributed by atoms with Gasteiger partial charge in [-0.05, 0) is 30.7 Å². The number of unbranched alkanes of at least 4 members (excludes halogenated alkanes) is 1. The average molecular weight is 367 g/mol. The molecule has 140 valence electrons. The third kappa shape index (κ3) is 3.81. The van der Waals surface area contributed by atoms with Crippen LogP contribution in [0.4, 0.5) is 5.69 Å². The van der Waals surface area contributed by atoms with Gasteiger partial charge in [0.05, 0.1) is 35.2 Å². The maximum Gasteiger partial charge on any atom is 0.338 e. The number of aryl methyl sites for hydroxylation is 1. The van der Waals surface area contributed by atoms with Crippen molar-refractivity contribution in [1.82, 2.24) is 9.55 Å². The number of fused-ring (bicyclic) bond motifs is 1. The van der Waals surface area contributed by atoms with Crippen LogP contribution in [-0.2, 0) is 17.7 Å². The number of nitro benzene ring substituents is 1. The second-order valence-corrected chi connectivity index (χ2v) is 6.30. The summed E-state index contributed by atoms with van der Waals surface area (Å²) in [5, 5.41) is 11.6. The predicted octanol–water partition coefficient (Wildman–Crippen LogP) is 4.12. The zero-order valence-corrected chi connectivity index (χ0v) is 15.3. The van der Waals surface area contributed by atoms with E-state index in [2.05, 4.69) is 11.7 Å². The molecule has 0 fully saturated rings. The summed E-state index contributed by atoms with van der Waals surface area (Å²) in [5.41, 5.74) is 2.40. The van der Waals surface area contributed by atoms with E-state index in [0.29, 0.717) is 12.1 Å². The third-order valence-corrected chi connectivity index (χ3v) is 4.52. The van der Waals surface area contributed by atoms with Gasteiger partial charge in [0, 0.05) is 18.1 Å². The van der Waals surface area contributed by atoms with Gasteiger partial charge in [-0.1, -0.05) is 25.5 Å². The number of imidazole rings is 1. The van der Waals surface area contributed by atoms with Crippen molar-refractivity contribution in [2.24, 2.45) is 0 Å². The number of rotatable bonds is 7. The van der Waals surface area contributed by atoms with Crippen LogP contribution in [0.3, 0.4) is 0 Å². The van der Waals surface area contributed by atoms with Crippen LogP contribution in [0, 0.1) is 10.1 Å². The second kappa shape index (κ2) is 7.99. The molecule has 0 saturated carbocycles. The SMILES string of the molecule is CCCCc1nc2ccccc2n1Cc1ccc(C(=O)OC)cc1[N+](=O)[O-]. The standard InChI is InChI=1S/C20H21N3O4/c1-3-4-9-19-21-16-7-5-6-8-17(16)22(19)13-15-11-10-14(20(24)27-2)12-18(15)23(25)26/h5-8,10-12H,3-4,9,13H2,1-2H3. The lowest BCUT2D eigenvalue weighted by molar-refractivity contribution is -0.385. The highest BCUT2D eigenvalue weighted by Gasteiger charge is 2.20. The molecular weight excluding hydrogens is 346 g/mol. The van der Waals surface area contributed by atoms with Crippen LogP contribution in [0.5, 0.6) is 0 Å². The van der Waals surface area contributed by atoms with Crippen LogP contribution in [0.25, 0.3) is 11.0 Å². The molecule has 3 rings (SSSR count). The second-order valence-electron chi connectivity index (χ2n) is 6.30. The highest BCUT2D eigenvalue weighted by atomic mass is 16.6. The Kier molecular flexibility index (Phi) is 5.49. The van der Waals surface area contributed by atoms with Crippen molar-refractivity contribution in [1.29, 1.82) is 0 Å². The average Bonchev–Trinajstić information content (AvgIpc) is 3.03. The van der Waals surface area contributed by atoms with Crippen molar-refractivity contribution in [3.63, 3.8) is 0 Å². The quantitative estimate of drug-likeness (QED) is 0.356. The first kappa shape index (κ1) is 18.6. The fourth-order valence-electron chi connectivity index (χ4n) is 3.11. The molecule has 0 aliphatic rings. The molecule has 2 aromatic carbocycles. The van der Waals surface area contributed by atoms with E-state index < -0.39 is 10.9 Å². The largest absolute Gasteiger partial charge is 0.465 e. The van der Waals surface area contributed by atoms with E-state index in [1.165, 1.54) is 13.2 Å². The number of nitro groups is 1. The van der Waals surface area contributed by atoms with Gasteiger partial charge in [0.25, 0.3) is 5.69 Å². The predicted molar refractivity (Wildman–Crippen MR) is 102 cm³/mol. The summed E-state index contributed by atoms with van der Waals surface area (Å²) in [4.78, 5) is 27.5. The van der Waals surface area contributed by atoms with Gasteiger partial charge in [-0.25, -0.2) is 9.78 Å². The molecule has 0 aliphatic carbocycles. The Hall–Kier alpha value is -3.22. The van der Waals surface area contributed by atoms with Crippen molar-refractivity contribution in [2.45, 2.75) is 32.7 Å². The number of ether oxygens (including phenoxy) is 1. The molecule has 1 aromatic heterocycles. The van der Waals surface area contributed by atoms with Gasteiger partial charge in [0.2, 0.25) is 0 Å². The van der Waals surface area contributed by atoms with E-state index in [1.54, 1.807) is 12.1 Å². The molecule has 0 radical (unpaired) electrons. The lowest BCUT2D eigenvalue weighted by Crippen LogP contribution is -2.09. The van der Waals surface area contributed by atoms with Crippen LogP contribution in [-0.4, -0.2) is 27.6 Å². The van der Waals surface area contributed by atoms with E-state index in [1.807, 2.05) is 28.8 Å². The summed E-state index contributed by atoms with van der Waals surface area (Å²) >= 11 is 0. The molecule has 0 unspecified atom stereocenters. The van der Waals surface area contributed by atoms with Gasteiger partial charge in [-0.3, -0.25) is 10.1 Å². The van der Waals surface area contributed by atoms with E-state index >= 15 is 0 Å². The zero-order chi connectivity index (χ0) is 19.4. The number of hydrogen-bond acceptors (Lipinski definition) is 5. The number of carbonyl (C=O) groups is 1. The highest BCUT2D eigenvalue weighted by Crippen LogP contribution is 2.25. The van der Waals surface area contributed by atoms with Crippen molar-refractivity contribution in [3.05, 3.63) is 69.5 Å². The van der Waals surface area contributed by atoms with Gasteiger partial charge in [0.1, 0.15) is 5.82 Å². The van der Waals surface area contributed by atoms with Crippen LogP contribution in [0.1, 0.15) is 41.5 Å². The van der Waals surface area contributed by atoms with Crippen molar-refractivity contribution < 1.29 is 14.5 Å². The number of benzene rings is 2. The Morgan fingerprint density at radius 1 is 1.26 bits per heavy atom. The van der Waals surface area contributed by atoms with Gasteiger partial charge >= 0.3 is 5.97 Å². The Bertz CT molecular complexity index is 994. The summed E-state index contributed by atoms with van der Waals surface area (Å²) in [6.45, 7) is 2.43. The van der Waals surface area contributed by atoms with Crippen LogP contribution >= 0.6 is 0 Å². The van der Waals surface area contributed by atoms with Crippen LogP contribution < -0.4 is 0 Å². The number of esters is 1. The summed E-state index contributed by atoms with van der Waals surface area (Å²) < 4.78 is 6.68. The van der Waals surface area contributed by atoms with Gasteiger partial charge in [-0.15, -0.1) is 0 Å². The third-order valence-electron chi connectivity index (χ3n) is 4.52. The monoisotopic (exact) mass is 367 g/mol. The molecule has 27 heavy (non-hydrogen) atoms. The molecule has 0 amide bonds. The summed E-state index contributed by atoms with van der Waals surface area (Å²) in [7, 11) is 1.25. The fraction of sp³-hybridized carbons (Fsp3) is 0.300. The maximum absolute atomic E-state index is 11.7. The van der Waals surface area contributed by atoms with Gasteiger partial charge < -0.3 is 9.30 Å². The molecule has 7 heteroatoms. The van der Waals surface area contributed by atoms with E-state index in [4.69, 9.17) is 4.98 Å². The number of methoxy groups -OCH3 is 1. The first-order valence-corrected chi connectivity index (χ1v) is 8.85. The summed E-state index contributed by atoms with van der Waals surface area (Å²) in [6, 6.07) is 12.2. The molecule has 1 heterocycles. The van der Waals surface area contributed by atoms with E-state index in [9.17, 15) is 14.9 Å². The van der Waals surface area contributed by atoms with Crippen LogP contribution in [0.15, 0.2) is 42.5 Å². The van der Waals surface area contributed by atoms with E-state index in [-0.39, 0.29) is 11.3 Å². The summed E-state index contributed by atoms with van der Waals surface area (Å²) in [5.74, 6) is 0.311. The first-order valence-electron chi connectivity index (χ1n) is 8.85. The van der Waals surface area contributed by atoms with Crippen molar-refractivity contribution >= 4 is 22.7 Å². The minimum absolute atomic E-state index is 0.0999. The van der Waals surface area contributed by atoms with Crippen molar-refractivity contribution in [2.75, 3.05) is 7.11 Å². The molecule has 0 saturated heterocycles. The Labute approximate surface area is 156 Å². The van der Waals surface area contributed by atoms with Gasteiger partial charge in [0.15, 0.2) is 0 Å². The lowest BCUT2D eigenvalue weighted by Gasteiger charge is -2.10. The topological polar surface area (TPSA) is 87.3 Å². The van der Waals surface area contributed by atoms with Crippen molar-refractivity contribution in [3.8, 4) is 0 Å². The molecule has 0 N–H and O–H groups in total. The highest BCUT2D eigenvalue weighted by molar-refractivity contribution is 5.90. The molecule has 7 nitrogen and oxygen atoms in total. The van der Waals surface area contributed by atoms with Crippen LogP contribution in [0.2, 0.25) is 0 Å². The number of nitrogens with zero attached hydrogens (tertiary/aromatic N) is 3. The van der Waals surface area contributed by atoms with Gasteiger partial charge in [-0.2, -0.15) is 0 Å². The number of para-hydroxylation sites is 2. The maximum atomic E-state index is 11.7. The Morgan fingerprint density at radius 3 is 2.74 bits per heavy atom. The Balaban J connectivity index is 2.06. The number of carbonyl (C=O) groups excluding carboxylic acids is 1. The molecular formula is C20H21N3O4. The minimum Gasteiger partial charge on any atom is -0.465 e. The van der Waals surface area contributed by atoms with E-state index in [0.717, 1.165) is 36.1 Å². The zero-order valence-electron chi connectivity index (χ0n) is 15.3. The summed E-state index contributed by atoms with van der Waals surface area (Å²) in [6.07, 6.45) is 2.84. The first-order chi connectivity index (χ1) is 13.0. The molecule has 0 bridgehead atoms.